The predicted octanol–water partition coefficient (Wildman–Crippen LogP) is 2.02. The second kappa shape index (κ2) is 8.25. The lowest BCUT2D eigenvalue weighted by Crippen LogP contribution is -2.37. The maximum absolute atomic E-state index is 5.00. The molecule has 0 aromatic heterocycles. The molecule has 1 aromatic carbocycles. The standard InChI is InChI=1S/C15H26N2O/c1-12-6-5-7-13(2)15(12)11-17-14(3)10-16-8-9-18-4/h5-7,14,16-17H,8-11H2,1-4H3. The van der Waals surface area contributed by atoms with E-state index >= 15 is 0 Å². The summed E-state index contributed by atoms with van der Waals surface area (Å²) in [5, 5.41) is 6.92. The van der Waals surface area contributed by atoms with Crippen LogP contribution in [0.2, 0.25) is 0 Å². The Morgan fingerprint density at radius 1 is 1.22 bits per heavy atom. The van der Waals surface area contributed by atoms with Gasteiger partial charge < -0.3 is 15.4 Å². The summed E-state index contributed by atoms with van der Waals surface area (Å²) in [6.45, 7) is 10.1. The lowest BCUT2D eigenvalue weighted by molar-refractivity contribution is 0.198. The van der Waals surface area contributed by atoms with Crippen LogP contribution in [-0.2, 0) is 11.3 Å². The summed E-state index contributed by atoms with van der Waals surface area (Å²) >= 11 is 0. The van der Waals surface area contributed by atoms with Crippen molar-refractivity contribution in [3.05, 3.63) is 34.9 Å². The summed E-state index contributed by atoms with van der Waals surface area (Å²) in [7, 11) is 1.73. The zero-order chi connectivity index (χ0) is 13.4. The first-order valence-electron chi connectivity index (χ1n) is 6.63. The molecule has 1 atom stereocenters. The Morgan fingerprint density at radius 2 is 1.89 bits per heavy atom. The van der Waals surface area contributed by atoms with Gasteiger partial charge in [0.25, 0.3) is 0 Å². The maximum Gasteiger partial charge on any atom is 0.0587 e. The van der Waals surface area contributed by atoms with Crippen molar-refractivity contribution in [2.45, 2.75) is 33.4 Å². The molecule has 3 heteroatoms. The van der Waals surface area contributed by atoms with E-state index in [1.54, 1.807) is 7.11 Å². The molecule has 0 saturated carbocycles. The van der Waals surface area contributed by atoms with E-state index in [1.165, 1.54) is 16.7 Å². The van der Waals surface area contributed by atoms with Crippen molar-refractivity contribution in [3.63, 3.8) is 0 Å². The van der Waals surface area contributed by atoms with Crippen molar-refractivity contribution >= 4 is 0 Å². The van der Waals surface area contributed by atoms with Crippen LogP contribution in [-0.4, -0.2) is 32.8 Å². The van der Waals surface area contributed by atoms with Crippen LogP contribution in [0.5, 0.6) is 0 Å². The van der Waals surface area contributed by atoms with E-state index in [0.29, 0.717) is 6.04 Å². The van der Waals surface area contributed by atoms with E-state index in [0.717, 1.165) is 26.2 Å². The van der Waals surface area contributed by atoms with Crippen LogP contribution in [0.1, 0.15) is 23.6 Å². The molecule has 1 unspecified atom stereocenters. The number of ether oxygens (including phenoxy) is 1. The topological polar surface area (TPSA) is 33.3 Å². The van der Waals surface area contributed by atoms with E-state index < -0.39 is 0 Å². The number of aryl methyl sites for hydroxylation is 2. The van der Waals surface area contributed by atoms with Crippen molar-refractivity contribution in [2.24, 2.45) is 0 Å². The highest BCUT2D eigenvalue weighted by molar-refractivity contribution is 5.33. The minimum Gasteiger partial charge on any atom is -0.383 e. The zero-order valence-electron chi connectivity index (χ0n) is 12.0. The van der Waals surface area contributed by atoms with E-state index in [1.807, 2.05) is 0 Å². The third-order valence-corrected chi connectivity index (χ3v) is 3.21. The molecule has 0 spiro atoms. The van der Waals surface area contributed by atoms with E-state index in [-0.39, 0.29) is 0 Å². The summed E-state index contributed by atoms with van der Waals surface area (Å²) < 4.78 is 5.00. The molecule has 1 rings (SSSR count). The third-order valence-electron chi connectivity index (χ3n) is 3.21. The SMILES string of the molecule is COCCNCC(C)NCc1c(C)cccc1C. The molecule has 0 fully saturated rings. The average molecular weight is 250 g/mol. The summed E-state index contributed by atoms with van der Waals surface area (Å²) in [5.41, 5.74) is 4.14. The summed E-state index contributed by atoms with van der Waals surface area (Å²) in [5.74, 6) is 0. The molecule has 0 aliphatic carbocycles. The van der Waals surface area contributed by atoms with Gasteiger partial charge in [-0.3, -0.25) is 0 Å². The van der Waals surface area contributed by atoms with Crippen LogP contribution in [0.25, 0.3) is 0 Å². The van der Waals surface area contributed by atoms with Crippen molar-refractivity contribution in [1.82, 2.24) is 10.6 Å². The minimum atomic E-state index is 0.459. The average Bonchev–Trinajstić information content (AvgIpc) is 2.34. The molecule has 0 saturated heterocycles. The van der Waals surface area contributed by atoms with Gasteiger partial charge in [-0.2, -0.15) is 0 Å². The molecule has 2 N–H and O–H groups in total. The Balaban J connectivity index is 2.31. The Hall–Kier alpha value is -0.900. The van der Waals surface area contributed by atoms with Crippen molar-refractivity contribution < 1.29 is 4.74 Å². The van der Waals surface area contributed by atoms with Crippen molar-refractivity contribution in [1.29, 1.82) is 0 Å². The first kappa shape index (κ1) is 15.2. The number of nitrogens with one attached hydrogen (secondary N) is 2. The quantitative estimate of drug-likeness (QED) is 0.693. The largest absolute Gasteiger partial charge is 0.383 e. The van der Waals surface area contributed by atoms with Gasteiger partial charge in [0.1, 0.15) is 0 Å². The highest BCUT2D eigenvalue weighted by Gasteiger charge is 2.04. The minimum absolute atomic E-state index is 0.459. The fraction of sp³-hybridized carbons (Fsp3) is 0.600. The molecule has 18 heavy (non-hydrogen) atoms. The molecular formula is C15H26N2O. The third kappa shape index (κ3) is 5.17. The van der Waals surface area contributed by atoms with Gasteiger partial charge in [0.2, 0.25) is 0 Å². The fourth-order valence-corrected chi connectivity index (χ4v) is 1.97. The zero-order valence-corrected chi connectivity index (χ0v) is 12.0. The number of hydrogen-bond donors (Lipinski definition) is 2. The van der Waals surface area contributed by atoms with Gasteiger partial charge in [-0.05, 0) is 37.5 Å². The molecule has 0 heterocycles. The lowest BCUT2D eigenvalue weighted by atomic mass is 10.0. The Morgan fingerprint density at radius 3 is 2.50 bits per heavy atom. The van der Waals surface area contributed by atoms with Crippen LogP contribution in [0, 0.1) is 13.8 Å². The molecule has 0 bridgehead atoms. The van der Waals surface area contributed by atoms with Gasteiger partial charge in [-0.15, -0.1) is 0 Å². The second-order valence-electron chi connectivity index (χ2n) is 4.85. The molecule has 0 aliphatic rings. The molecule has 3 nitrogen and oxygen atoms in total. The molecule has 0 amide bonds. The van der Waals surface area contributed by atoms with Gasteiger partial charge in [0.05, 0.1) is 6.61 Å². The van der Waals surface area contributed by atoms with Crippen LogP contribution in [0.3, 0.4) is 0 Å². The number of rotatable bonds is 8. The first-order chi connectivity index (χ1) is 8.65. The maximum atomic E-state index is 5.00. The second-order valence-corrected chi connectivity index (χ2v) is 4.85. The summed E-state index contributed by atoms with van der Waals surface area (Å²) in [6, 6.07) is 6.92. The smallest absolute Gasteiger partial charge is 0.0587 e. The summed E-state index contributed by atoms with van der Waals surface area (Å²) in [6.07, 6.45) is 0. The van der Waals surface area contributed by atoms with Gasteiger partial charge in [-0.1, -0.05) is 18.2 Å². The van der Waals surface area contributed by atoms with E-state index in [2.05, 4.69) is 49.6 Å². The molecule has 1 aromatic rings. The van der Waals surface area contributed by atoms with Crippen molar-refractivity contribution in [3.8, 4) is 0 Å². The van der Waals surface area contributed by atoms with E-state index in [4.69, 9.17) is 4.74 Å². The van der Waals surface area contributed by atoms with Gasteiger partial charge in [0, 0.05) is 32.8 Å². The first-order valence-corrected chi connectivity index (χ1v) is 6.63. The Labute approximate surface area is 111 Å². The molecule has 0 aliphatic heterocycles. The molecular weight excluding hydrogens is 224 g/mol. The highest BCUT2D eigenvalue weighted by Crippen LogP contribution is 2.12. The van der Waals surface area contributed by atoms with Gasteiger partial charge in [-0.25, -0.2) is 0 Å². The van der Waals surface area contributed by atoms with E-state index in [9.17, 15) is 0 Å². The monoisotopic (exact) mass is 250 g/mol. The predicted molar refractivity (Wildman–Crippen MR) is 77.0 cm³/mol. The van der Waals surface area contributed by atoms with Crippen LogP contribution >= 0.6 is 0 Å². The Bertz CT molecular complexity index is 332. The highest BCUT2D eigenvalue weighted by atomic mass is 16.5. The van der Waals surface area contributed by atoms with Crippen molar-refractivity contribution in [2.75, 3.05) is 26.8 Å². The number of hydrogen-bond acceptors (Lipinski definition) is 3. The van der Waals surface area contributed by atoms with Crippen LogP contribution in [0.15, 0.2) is 18.2 Å². The fourth-order valence-electron chi connectivity index (χ4n) is 1.97. The lowest BCUT2D eigenvalue weighted by Gasteiger charge is -2.17. The molecule has 0 radical (unpaired) electrons. The number of benzene rings is 1. The van der Waals surface area contributed by atoms with Gasteiger partial charge in [0.15, 0.2) is 0 Å². The van der Waals surface area contributed by atoms with Crippen LogP contribution < -0.4 is 10.6 Å². The molecule has 102 valence electrons. The number of methoxy groups -OCH3 is 1. The van der Waals surface area contributed by atoms with Gasteiger partial charge >= 0.3 is 0 Å². The Kier molecular flexibility index (Phi) is 6.94. The normalized spacial score (nSPS) is 12.7. The van der Waals surface area contributed by atoms with Crippen LogP contribution in [0.4, 0.5) is 0 Å². The summed E-state index contributed by atoms with van der Waals surface area (Å²) in [4.78, 5) is 0.